The molecule has 1 atom stereocenters. The highest BCUT2D eigenvalue weighted by Gasteiger charge is 2.43. The Kier molecular flexibility index (Phi) is 2.40. The lowest BCUT2D eigenvalue weighted by Gasteiger charge is -2.39. The SMILES string of the molecule is CCC1OC2(CCCC2)Oc2ccccc21. The molecule has 1 aromatic carbocycles. The van der Waals surface area contributed by atoms with E-state index in [0.717, 1.165) is 25.0 Å². The number of ether oxygens (including phenoxy) is 2. The summed E-state index contributed by atoms with van der Waals surface area (Å²) in [5, 5.41) is 0. The Bertz CT molecular complexity index is 380. The van der Waals surface area contributed by atoms with Crippen molar-refractivity contribution >= 4 is 0 Å². The van der Waals surface area contributed by atoms with Crippen LogP contribution in [0.4, 0.5) is 0 Å². The maximum absolute atomic E-state index is 6.19. The third-order valence-corrected chi connectivity index (χ3v) is 3.66. The molecule has 0 N–H and O–H groups in total. The first-order valence-electron chi connectivity index (χ1n) is 6.29. The third kappa shape index (κ3) is 1.52. The fraction of sp³-hybridized carbons (Fsp3) is 0.571. The van der Waals surface area contributed by atoms with E-state index >= 15 is 0 Å². The van der Waals surface area contributed by atoms with Crippen LogP contribution in [0.2, 0.25) is 0 Å². The molecule has 1 aromatic rings. The predicted octanol–water partition coefficient (Wildman–Crippen LogP) is 3.82. The molecule has 2 nitrogen and oxygen atoms in total. The van der Waals surface area contributed by atoms with Crippen LogP contribution in [-0.4, -0.2) is 5.79 Å². The normalized spacial score (nSPS) is 26.4. The molecule has 3 rings (SSSR count). The summed E-state index contributed by atoms with van der Waals surface area (Å²) in [6, 6.07) is 8.28. The van der Waals surface area contributed by atoms with Crippen LogP contribution < -0.4 is 4.74 Å². The first kappa shape index (κ1) is 10.2. The summed E-state index contributed by atoms with van der Waals surface area (Å²) in [7, 11) is 0. The van der Waals surface area contributed by atoms with Crippen molar-refractivity contribution in [3.05, 3.63) is 29.8 Å². The number of benzene rings is 1. The van der Waals surface area contributed by atoms with Crippen molar-refractivity contribution in [3.8, 4) is 5.75 Å². The fourth-order valence-electron chi connectivity index (χ4n) is 2.82. The van der Waals surface area contributed by atoms with Gasteiger partial charge in [0.2, 0.25) is 5.79 Å². The summed E-state index contributed by atoms with van der Waals surface area (Å²) in [5.41, 5.74) is 1.21. The Balaban J connectivity index is 1.98. The van der Waals surface area contributed by atoms with E-state index in [1.807, 2.05) is 6.07 Å². The van der Waals surface area contributed by atoms with E-state index in [-0.39, 0.29) is 11.9 Å². The quantitative estimate of drug-likeness (QED) is 0.713. The summed E-state index contributed by atoms with van der Waals surface area (Å²) < 4.78 is 12.3. The van der Waals surface area contributed by atoms with Gasteiger partial charge >= 0.3 is 0 Å². The van der Waals surface area contributed by atoms with Crippen molar-refractivity contribution in [1.29, 1.82) is 0 Å². The molecule has 0 aromatic heterocycles. The maximum atomic E-state index is 6.19. The average molecular weight is 218 g/mol. The van der Waals surface area contributed by atoms with Crippen LogP contribution in [-0.2, 0) is 4.74 Å². The Morgan fingerprint density at radius 2 is 2.00 bits per heavy atom. The van der Waals surface area contributed by atoms with Gasteiger partial charge in [-0.2, -0.15) is 0 Å². The molecule has 16 heavy (non-hydrogen) atoms. The minimum Gasteiger partial charge on any atom is -0.462 e. The molecule has 0 amide bonds. The van der Waals surface area contributed by atoms with Gasteiger partial charge in [0.25, 0.3) is 0 Å². The van der Waals surface area contributed by atoms with Crippen LogP contribution in [0.15, 0.2) is 24.3 Å². The van der Waals surface area contributed by atoms with E-state index in [1.165, 1.54) is 18.4 Å². The van der Waals surface area contributed by atoms with Crippen LogP contribution in [0, 0.1) is 0 Å². The van der Waals surface area contributed by atoms with Crippen LogP contribution in [0.5, 0.6) is 5.75 Å². The van der Waals surface area contributed by atoms with Gasteiger partial charge < -0.3 is 9.47 Å². The average Bonchev–Trinajstić information content (AvgIpc) is 2.76. The molecule has 0 saturated heterocycles. The van der Waals surface area contributed by atoms with Crippen molar-refractivity contribution in [2.75, 3.05) is 0 Å². The zero-order chi connectivity index (χ0) is 11.0. The molecule has 1 unspecified atom stereocenters. The third-order valence-electron chi connectivity index (χ3n) is 3.66. The van der Waals surface area contributed by atoms with Gasteiger partial charge in [-0.25, -0.2) is 0 Å². The summed E-state index contributed by atoms with van der Waals surface area (Å²) in [4.78, 5) is 0. The first-order valence-corrected chi connectivity index (χ1v) is 6.29. The Labute approximate surface area is 96.6 Å². The first-order chi connectivity index (χ1) is 7.83. The van der Waals surface area contributed by atoms with Crippen LogP contribution >= 0.6 is 0 Å². The smallest absolute Gasteiger partial charge is 0.211 e. The van der Waals surface area contributed by atoms with E-state index in [0.29, 0.717) is 0 Å². The molecule has 2 heteroatoms. The molecular formula is C14H18O2. The van der Waals surface area contributed by atoms with E-state index in [1.54, 1.807) is 0 Å². The lowest BCUT2D eigenvalue weighted by atomic mass is 10.0. The van der Waals surface area contributed by atoms with E-state index in [4.69, 9.17) is 9.47 Å². The Morgan fingerprint density at radius 1 is 1.25 bits per heavy atom. The van der Waals surface area contributed by atoms with E-state index in [2.05, 4.69) is 25.1 Å². The van der Waals surface area contributed by atoms with Gasteiger partial charge in [-0.15, -0.1) is 0 Å². The zero-order valence-electron chi connectivity index (χ0n) is 9.74. The van der Waals surface area contributed by atoms with Gasteiger partial charge in [-0.05, 0) is 25.3 Å². The minimum atomic E-state index is -0.310. The standard InChI is InChI=1S/C14H18O2/c1-2-12-11-7-3-4-8-13(11)16-14(15-12)9-5-6-10-14/h3-4,7-8,12H,2,5-6,9-10H2,1H3. The molecule has 1 fully saturated rings. The van der Waals surface area contributed by atoms with Crippen molar-refractivity contribution in [3.63, 3.8) is 0 Å². The Morgan fingerprint density at radius 3 is 2.75 bits per heavy atom. The molecular weight excluding hydrogens is 200 g/mol. The molecule has 1 saturated carbocycles. The number of hydrogen-bond acceptors (Lipinski definition) is 2. The molecule has 0 bridgehead atoms. The molecule has 1 spiro atoms. The highest BCUT2D eigenvalue weighted by molar-refractivity contribution is 5.37. The van der Waals surface area contributed by atoms with Crippen molar-refractivity contribution < 1.29 is 9.47 Å². The van der Waals surface area contributed by atoms with Crippen LogP contribution in [0.3, 0.4) is 0 Å². The van der Waals surface area contributed by atoms with Crippen molar-refractivity contribution in [1.82, 2.24) is 0 Å². The van der Waals surface area contributed by atoms with Crippen LogP contribution in [0.25, 0.3) is 0 Å². The summed E-state index contributed by atoms with van der Waals surface area (Å²) >= 11 is 0. The van der Waals surface area contributed by atoms with Crippen molar-refractivity contribution in [2.45, 2.75) is 50.9 Å². The second-order valence-electron chi connectivity index (χ2n) is 4.77. The lowest BCUT2D eigenvalue weighted by molar-refractivity contribution is -0.226. The highest BCUT2D eigenvalue weighted by Crippen LogP contribution is 2.46. The molecule has 1 aliphatic carbocycles. The Hall–Kier alpha value is -1.02. The van der Waals surface area contributed by atoms with Gasteiger partial charge in [0.1, 0.15) is 5.75 Å². The second-order valence-corrected chi connectivity index (χ2v) is 4.77. The zero-order valence-corrected chi connectivity index (χ0v) is 9.74. The highest BCUT2D eigenvalue weighted by atomic mass is 16.7. The molecule has 86 valence electrons. The monoisotopic (exact) mass is 218 g/mol. The van der Waals surface area contributed by atoms with E-state index < -0.39 is 0 Å². The molecule has 0 radical (unpaired) electrons. The second kappa shape index (κ2) is 3.77. The van der Waals surface area contributed by atoms with Crippen LogP contribution in [0.1, 0.15) is 50.7 Å². The topological polar surface area (TPSA) is 18.5 Å². The largest absolute Gasteiger partial charge is 0.462 e. The number of fused-ring (bicyclic) bond motifs is 1. The van der Waals surface area contributed by atoms with E-state index in [9.17, 15) is 0 Å². The predicted molar refractivity (Wildman–Crippen MR) is 62.4 cm³/mol. The lowest BCUT2D eigenvalue weighted by Crippen LogP contribution is -2.40. The van der Waals surface area contributed by atoms with Gasteiger partial charge in [-0.3, -0.25) is 0 Å². The van der Waals surface area contributed by atoms with Gasteiger partial charge in [0.15, 0.2) is 0 Å². The molecule has 2 aliphatic rings. The van der Waals surface area contributed by atoms with Gasteiger partial charge in [-0.1, -0.05) is 25.1 Å². The van der Waals surface area contributed by atoms with Crippen molar-refractivity contribution in [2.24, 2.45) is 0 Å². The summed E-state index contributed by atoms with van der Waals surface area (Å²) in [5.74, 6) is 0.720. The summed E-state index contributed by atoms with van der Waals surface area (Å²) in [6.07, 6.45) is 5.75. The number of hydrogen-bond donors (Lipinski definition) is 0. The fourth-order valence-corrected chi connectivity index (χ4v) is 2.82. The maximum Gasteiger partial charge on any atom is 0.211 e. The van der Waals surface area contributed by atoms with Gasteiger partial charge in [0, 0.05) is 18.4 Å². The number of para-hydroxylation sites is 1. The molecule has 1 aliphatic heterocycles. The van der Waals surface area contributed by atoms with Gasteiger partial charge in [0.05, 0.1) is 6.10 Å². The minimum absolute atomic E-state index is 0.211. The summed E-state index contributed by atoms with van der Waals surface area (Å²) in [6.45, 7) is 2.18. The number of rotatable bonds is 1. The molecule has 1 heterocycles.